The smallest absolute Gasteiger partial charge is 0.233 e. The molecule has 1 aliphatic heterocycles. The van der Waals surface area contributed by atoms with Crippen LogP contribution in [-0.4, -0.2) is 23.9 Å². The van der Waals surface area contributed by atoms with E-state index in [2.05, 4.69) is 0 Å². The van der Waals surface area contributed by atoms with Gasteiger partial charge in [0.15, 0.2) is 0 Å². The van der Waals surface area contributed by atoms with Crippen LogP contribution in [0.4, 0.5) is 4.39 Å². The minimum absolute atomic E-state index is 0.152. The Hall–Kier alpha value is -1.38. The minimum Gasteiger partial charge on any atom is -0.342 e. The molecule has 2 fully saturated rings. The van der Waals surface area contributed by atoms with Crippen LogP contribution in [0.15, 0.2) is 24.3 Å². The van der Waals surface area contributed by atoms with Crippen LogP contribution in [0.2, 0.25) is 0 Å². The second-order valence-electron chi connectivity index (χ2n) is 5.77. The second kappa shape index (κ2) is 4.95. The normalized spacial score (nSPS) is 21.8. The van der Waals surface area contributed by atoms with Gasteiger partial charge in [0.05, 0.1) is 5.41 Å². The molecule has 3 rings (SSSR count). The lowest BCUT2D eigenvalue weighted by Crippen LogP contribution is -2.40. The van der Waals surface area contributed by atoms with Gasteiger partial charge in [-0.2, -0.15) is 0 Å². The zero-order valence-electron chi connectivity index (χ0n) is 11.2. The first-order valence-corrected chi connectivity index (χ1v) is 7.28. The third kappa shape index (κ3) is 2.26. The van der Waals surface area contributed by atoms with Crippen LogP contribution in [0.25, 0.3) is 0 Å². The highest BCUT2D eigenvalue weighted by molar-refractivity contribution is 5.91. The fourth-order valence-electron chi connectivity index (χ4n) is 3.15. The number of nitrogens with zero attached hydrogens (tertiary/aromatic N) is 1. The molecular formula is C16H20FNO. The van der Waals surface area contributed by atoms with Gasteiger partial charge >= 0.3 is 0 Å². The third-order valence-electron chi connectivity index (χ3n) is 4.44. The highest BCUT2D eigenvalue weighted by Gasteiger charge is 2.54. The molecule has 1 heterocycles. The number of amides is 1. The Morgan fingerprint density at radius 2 is 1.68 bits per heavy atom. The molecule has 2 nitrogen and oxygen atoms in total. The number of carbonyl (C=O) groups is 1. The predicted octanol–water partition coefficient (Wildman–Crippen LogP) is 3.26. The van der Waals surface area contributed by atoms with Crippen molar-refractivity contribution in [3.8, 4) is 0 Å². The summed E-state index contributed by atoms with van der Waals surface area (Å²) in [5, 5.41) is 0. The first-order chi connectivity index (χ1) is 9.24. The first-order valence-electron chi connectivity index (χ1n) is 7.28. The van der Waals surface area contributed by atoms with Crippen LogP contribution >= 0.6 is 0 Å². The summed E-state index contributed by atoms with van der Waals surface area (Å²) in [7, 11) is 0. The van der Waals surface area contributed by atoms with E-state index in [9.17, 15) is 9.18 Å². The van der Waals surface area contributed by atoms with E-state index >= 15 is 0 Å². The molecule has 1 saturated carbocycles. The fraction of sp³-hybridized carbons (Fsp3) is 0.562. The monoisotopic (exact) mass is 261 g/mol. The van der Waals surface area contributed by atoms with Crippen LogP contribution in [0, 0.1) is 5.82 Å². The molecule has 0 unspecified atom stereocenters. The molecule has 102 valence electrons. The van der Waals surface area contributed by atoms with Gasteiger partial charge in [0.1, 0.15) is 5.82 Å². The molecule has 1 aromatic carbocycles. The molecule has 1 aliphatic carbocycles. The van der Waals surface area contributed by atoms with Gasteiger partial charge < -0.3 is 4.90 Å². The highest BCUT2D eigenvalue weighted by atomic mass is 19.1. The summed E-state index contributed by atoms with van der Waals surface area (Å²) >= 11 is 0. The third-order valence-corrected chi connectivity index (χ3v) is 4.44. The first kappa shape index (κ1) is 12.6. The van der Waals surface area contributed by atoms with E-state index in [4.69, 9.17) is 0 Å². The maximum atomic E-state index is 14.0. The van der Waals surface area contributed by atoms with Crippen LogP contribution in [0.1, 0.15) is 44.1 Å². The summed E-state index contributed by atoms with van der Waals surface area (Å²) in [6, 6.07) is 6.75. The van der Waals surface area contributed by atoms with Gasteiger partial charge in [-0.25, -0.2) is 4.39 Å². The lowest BCUT2D eigenvalue weighted by Gasteiger charge is -2.26. The number of hydrogen-bond acceptors (Lipinski definition) is 1. The average Bonchev–Trinajstić information content (AvgIpc) is 3.24. The van der Waals surface area contributed by atoms with Crippen molar-refractivity contribution in [2.75, 3.05) is 13.1 Å². The summed E-state index contributed by atoms with van der Waals surface area (Å²) in [6.45, 7) is 1.68. The molecule has 1 amide bonds. The Kier molecular flexibility index (Phi) is 3.29. The topological polar surface area (TPSA) is 20.3 Å². The fourth-order valence-corrected chi connectivity index (χ4v) is 3.15. The minimum atomic E-state index is -0.546. The molecule has 0 atom stereocenters. The lowest BCUT2D eigenvalue weighted by molar-refractivity contribution is -0.134. The van der Waals surface area contributed by atoms with Crippen molar-refractivity contribution in [3.05, 3.63) is 35.6 Å². The number of hydrogen-bond donors (Lipinski definition) is 0. The number of carbonyl (C=O) groups excluding carboxylic acids is 1. The largest absolute Gasteiger partial charge is 0.342 e. The summed E-state index contributed by atoms with van der Waals surface area (Å²) < 4.78 is 14.0. The molecule has 0 bridgehead atoms. The van der Waals surface area contributed by atoms with Gasteiger partial charge in [-0.3, -0.25) is 4.79 Å². The van der Waals surface area contributed by atoms with Crippen LogP contribution in [-0.2, 0) is 10.2 Å². The average molecular weight is 261 g/mol. The molecule has 0 aromatic heterocycles. The molecule has 0 spiro atoms. The van der Waals surface area contributed by atoms with Crippen LogP contribution < -0.4 is 0 Å². The maximum absolute atomic E-state index is 14.0. The van der Waals surface area contributed by atoms with E-state index in [-0.39, 0.29) is 11.7 Å². The van der Waals surface area contributed by atoms with E-state index in [1.54, 1.807) is 12.1 Å². The Morgan fingerprint density at radius 3 is 2.26 bits per heavy atom. The van der Waals surface area contributed by atoms with Crippen molar-refractivity contribution in [2.45, 2.75) is 43.9 Å². The van der Waals surface area contributed by atoms with Crippen molar-refractivity contribution in [1.29, 1.82) is 0 Å². The maximum Gasteiger partial charge on any atom is 0.233 e. The quantitative estimate of drug-likeness (QED) is 0.800. The van der Waals surface area contributed by atoms with E-state index < -0.39 is 5.41 Å². The summed E-state index contributed by atoms with van der Waals surface area (Å²) in [4.78, 5) is 14.7. The molecule has 3 heteroatoms. The molecule has 1 aromatic rings. The van der Waals surface area contributed by atoms with Gasteiger partial charge in [0, 0.05) is 18.7 Å². The summed E-state index contributed by atoms with van der Waals surface area (Å²) in [5.41, 5.74) is 0.0552. The van der Waals surface area contributed by atoms with Crippen molar-refractivity contribution in [1.82, 2.24) is 4.90 Å². The van der Waals surface area contributed by atoms with Gasteiger partial charge in [0.2, 0.25) is 5.91 Å². The van der Waals surface area contributed by atoms with Crippen molar-refractivity contribution in [2.24, 2.45) is 0 Å². The van der Waals surface area contributed by atoms with E-state index in [0.717, 1.165) is 38.8 Å². The van der Waals surface area contributed by atoms with Crippen molar-refractivity contribution in [3.63, 3.8) is 0 Å². The lowest BCUT2D eigenvalue weighted by atomic mass is 9.93. The van der Waals surface area contributed by atoms with Crippen LogP contribution in [0.5, 0.6) is 0 Å². The number of halogens is 1. The van der Waals surface area contributed by atoms with Crippen molar-refractivity contribution >= 4 is 5.91 Å². The SMILES string of the molecule is O=C(N1CCCCCC1)C1(c2ccccc2F)CC1. The van der Waals surface area contributed by atoms with Gasteiger partial charge in [-0.05, 0) is 31.7 Å². The Labute approximate surface area is 113 Å². The predicted molar refractivity (Wildman–Crippen MR) is 72.4 cm³/mol. The van der Waals surface area contributed by atoms with Crippen LogP contribution in [0.3, 0.4) is 0 Å². The molecule has 2 aliphatic rings. The number of rotatable bonds is 2. The zero-order valence-corrected chi connectivity index (χ0v) is 11.2. The second-order valence-corrected chi connectivity index (χ2v) is 5.77. The Bertz CT molecular complexity index is 473. The van der Waals surface area contributed by atoms with Gasteiger partial charge in [-0.1, -0.05) is 31.0 Å². The van der Waals surface area contributed by atoms with Gasteiger partial charge in [-0.15, -0.1) is 0 Å². The van der Waals surface area contributed by atoms with Gasteiger partial charge in [0.25, 0.3) is 0 Å². The standard InChI is InChI=1S/C16H20FNO/c17-14-8-4-3-7-13(14)16(9-10-16)15(19)18-11-5-1-2-6-12-18/h3-4,7-8H,1-2,5-6,9-12H2. The number of benzene rings is 1. The summed E-state index contributed by atoms with van der Waals surface area (Å²) in [6.07, 6.45) is 6.16. The van der Waals surface area contributed by atoms with E-state index in [1.807, 2.05) is 11.0 Å². The molecular weight excluding hydrogens is 241 g/mol. The highest BCUT2D eigenvalue weighted by Crippen LogP contribution is 2.50. The Morgan fingerprint density at radius 1 is 1.05 bits per heavy atom. The number of likely N-dealkylation sites (tertiary alicyclic amines) is 1. The van der Waals surface area contributed by atoms with Crippen molar-refractivity contribution < 1.29 is 9.18 Å². The molecule has 19 heavy (non-hydrogen) atoms. The molecule has 0 radical (unpaired) electrons. The Balaban J connectivity index is 1.84. The summed E-state index contributed by atoms with van der Waals surface area (Å²) in [5.74, 6) is -0.0809. The molecule has 0 N–H and O–H groups in total. The molecule has 1 saturated heterocycles. The van der Waals surface area contributed by atoms with E-state index in [0.29, 0.717) is 5.56 Å². The zero-order chi connectivity index (χ0) is 13.3. The van der Waals surface area contributed by atoms with E-state index in [1.165, 1.54) is 18.9 Å².